The molecule has 0 spiro atoms. The third kappa shape index (κ3) is 4.41. The third-order valence-corrected chi connectivity index (χ3v) is 4.08. The maximum Gasteiger partial charge on any atom is 0.295 e. The molecule has 0 radical (unpaired) electrons. The molecule has 0 atom stereocenters. The Morgan fingerprint density at radius 1 is 1.11 bits per heavy atom. The lowest BCUT2D eigenvalue weighted by molar-refractivity contribution is 0.0863. The molecular formula is C21H19FN2O3. The predicted molar refractivity (Wildman–Crippen MR) is 101 cm³/mol. The predicted octanol–water partition coefficient (Wildman–Crippen LogP) is 3.49. The number of nitrogens with zero attached hydrogens (tertiary/aromatic N) is 1. The van der Waals surface area contributed by atoms with Gasteiger partial charge in [0, 0.05) is 11.9 Å². The molecule has 2 aromatic carbocycles. The molecule has 1 amide bonds. The number of benzene rings is 2. The van der Waals surface area contributed by atoms with E-state index in [1.165, 1.54) is 24.4 Å². The SMILES string of the molecule is Cc1ccc(C)c(NC(=O)c2cccn(OCc3ccc(F)cc3)c2=O)c1. The summed E-state index contributed by atoms with van der Waals surface area (Å²) in [5, 5.41) is 2.77. The molecule has 0 aliphatic carbocycles. The largest absolute Gasteiger partial charge is 0.406 e. The topological polar surface area (TPSA) is 60.3 Å². The maximum atomic E-state index is 12.9. The van der Waals surface area contributed by atoms with Gasteiger partial charge in [-0.15, -0.1) is 0 Å². The van der Waals surface area contributed by atoms with Crippen LogP contribution in [-0.2, 0) is 6.61 Å². The van der Waals surface area contributed by atoms with E-state index in [-0.39, 0.29) is 18.0 Å². The number of aryl methyl sites for hydroxylation is 2. The molecule has 0 saturated heterocycles. The van der Waals surface area contributed by atoms with Crippen molar-refractivity contribution < 1.29 is 14.0 Å². The first kappa shape index (κ1) is 18.4. The van der Waals surface area contributed by atoms with Crippen LogP contribution in [-0.4, -0.2) is 10.6 Å². The molecule has 1 heterocycles. The Balaban J connectivity index is 1.77. The van der Waals surface area contributed by atoms with Gasteiger partial charge < -0.3 is 10.2 Å². The van der Waals surface area contributed by atoms with Gasteiger partial charge in [0.15, 0.2) is 0 Å². The van der Waals surface area contributed by atoms with Crippen molar-refractivity contribution in [2.24, 2.45) is 0 Å². The van der Waals surface area contributed by atoms with E-state index >= 15 is 0 Å². The molecular weight excluding hydrogens is 347 g/mol. The third-order valence-electron chi connectivity index (χ3n) is 4.08. The summed E-state index contributed by atoms with van der Waals surface area (Å²) >= 11 is 0. The molecule has 1 N–H and O–H groups in total. The molecule has 0 bridgehead atoms. The second-order valence-electron chi connectivity index (χ2n) is 6.23. The van der Waals surface area contributed by atoms with Crippen molar-refractivity contribution in [1.82, 2.24) is 4.73 Å². The molecule has 27 heavy (non-hydrogen) atoms. The number of nitrogens with one attached hydrogen (secondary N) is 1. The fraction of sp³-hybridized carbons (Fsp3) is 0.143. The second kappa shape index (κ2) is 7.86. The highest BCUT2D eigenvalue weighted by atomic mass is 19.1. The average Bonchev–Trinajstić information content (AvgIpc) is 2.65. The van der Waals surface area contributed by atoms with Gasteiger partial charge in [0.05, 0.1) is 0 Å². The summed E-state index contributed by atoms with van der Waals surface area (Å²) in [5.41, 5.74) is 2.66. The highest BCUT2D eigenvalue weighted by Crippen LogP contribution is 2.17. The van der Waals surface area contributed by atoms with Gasteiger partial charge in [-0.2, -0.15) is 4.73 Å². The molecule has 5 nitrogen and oxygen atoms in total. The number of rotatable bonds is 5. The van der Waals surface area contributed by atoms with E-state index in [1.54, 1.807) is 18.2 Å². The summed E-state index contributed by atoms with van der Waals surface area (Å²) in [7, 11) is 0. The van der Waals surface area contributed by atoms with Gasteiger partial charge in [0.1, 0.15) is 18.0 Å². The second-order valence-corrected chi connectivity index (χ2v) is 6.23. The van der Waals surface area contributed by atoms with E-state index < -0.39 is 11.5 Å². The fourth-order valence-corrected chi connectivity index (χ4v) is 2.53. The highest BCUT2D eigenvalue weighted by molar-refractivity contribution is 6.04. The smallest absolute Gasteiger partial charge is 0.295 e. The lowest BCUT2D eigenvalue weighted by Crippen LogP contribution is -2.32. The minimum Gasteiger partial charge on any atom is -0.406 e. The molecule has 1 aromatic heterocycles. The van der Waals surface area contributed by atoms with Gasteiger partial charge in [-0.1, -0.05) is 24.3 Å². The van der Waals surface area contributed by atoms with Gasteiger partial charge in [0.2, 0.25) is 0 Å². The van der Waals surface area contributed by atoms with E-state index in [4.69, 9.17) is 4.84 Å². The zero-order chi connectivity index (χ0) is 19.4. The lowest BCUT2D eigenvalue weighted by Gasteiger charge is -2.11. The van der Waals surface area contributed by atoms with Crippen LogP contribution in [0.1, 0.15) is 27.0 Å². The van der Waals surface area contributed by atoms with Gasteiger partial charge in [-0.05, 0) is 60.9 Å². The minimum absolute atomic E-state index is 0.0301. The molecule has 138 valence electrons. The summed E-state index contributed by atoms with van der Waals surface area (Å²) in [6, 6.07) is 14.5. The van der Waals surface area contributed by atoms with Gasteiger partial charge in [-0.25, -0.2) is 4.39 Å². The number of pyridine rings is 1. The van der Waals surface area contributed by atoms with Crippen molar-refractivity contribution in [3.63, 3.8) is 0 Å². The Kier molecular flexibility index (Phi) is 5.35. The number of carbonyl (C=O) groups excluding carboxylic acids is 1. The normalized spacial score (nSPS) is 10.5. The quantitative estimate of drug-likeness (QED) is 0.752. The summed E-state index contributed by atoms with van der Waals surface area (Å²) in [6.07, 6.45) is 1.43. The van der Waals surface area contributed by atoms with Crippen LogP contribution in [0.25, 0.3) is 0 Å². The Morgan fingerprint density at radius 2 is 1.85 bits per heavy atom. The number of carbonyl (C=O) groups is 1. The zero-order valence-corrected chi connectivity index (χ0v) is 15.0. The standard InChI is InChI=1S/C21H19FN2O3/c1-14-5-6-15(2)19(12-14)23-20(25)18-4-3-11-24(21(18)26)27-13-16-7-9-17(22)10-8-16/h3-12H,13H2,1-2H3,(H,23,25). The molecule has 0 fully saturated rings. The highest BCUT2D eigenvalue weighted by Gasteiger charge is 2.14. The molecule has 0 aliphatic heterocycles. The van der Waals surface area contributed by atoms with Crippen LogP contribution in [0.4, 0.5) is 10.1 Å². The van der Waals surface area contributed by atoms with E-state index in [0.717, 1.165) is 15.9 Å². The van der Waals surface area contributed by atoms with Crippen molar-refractivity contribution in [2.75, 3.05) is 5.32 Å². The number of aromatic nitrogens is 1. The first-order valence-electron chi connectivity index (χ1n) is 8.42. The Labute approximate surface area is 156 Å². The van der Waals surface area contributed by atoms with Crippen LogP contribution in [0.2, 0.25) is 0 Å². The molecule has 3 aromatic rings. The number of amides is 1. The lowest BCUT2D eigenvalue weighted by atomic mass is 10.1. The fourth-order valence-electron chi connectivity index (χ4n) is 2.53. The summed E-state index contributed by atoms with van der Waals surface area (Å²) in [5.74, 6) is -0.852. The van der Waals surface area contributed by atoms with E-state index in [2.05, 4.69) is 5.32 Å². The summed E-state index contributed by atoms with van der Waals surface area (Å²) in [6.45, 7) is 3.88. The van der Waals surface area contributed by atoms with Crippen molar-refractivity contribution in [3.05, 3.63) is 99.2 Å². The molecule has 6 heteroatoms. The first-order valence-corrected chi connectivity index (χ1v) is 8.42. The molecule has 0 saturated carbocycles. The Bertz CT molecular complexity index is 1030. The van der Waals surface area contributed by atoms with Crippen molar-refractivity contribution in [3.8, 4) is 0 Å². The van der Waals surface area contributed by atoms with Gasteiger partial charge in [0.25, 0.3) is 11.5 Å². The van der Waals surface area contributed by atoms with Crippen LogP contribution in [0, 0.1) is 19.7 Å². The number of hydrogen-bond acceptors (Lipinski definition) is 3. The van der Waals surface area contributed by atoms with Crippen LogP contribution in [0.15, 0.2) is 65.6 Å². The zero-order valence-electron chi connectivity index (χ0n) is 15.0. The molecule has 0 aliphatic rings. The first-order chi connectivity index (χ1) is 12.9. The number of anilines is 1. The van der Waals surface area contributed by atoms with Crippen molar-refractivity contribution in [2.45, 2.75) is 20.5 Å². The molecule has 0 unspecified atom stereocenters. The maximum absolute atomic E-state index is 12.9. The summed E-state index contributed by atoms with van der Waals surface area (Å²) < 4.78 is 13.9. The Hall–Kier alpha value is -3.41. The van der Waals surface area contributed by atoms with Gasteiger partial charge >= 0.3 is 0 Å². The van der Waals surface area contributed by atoms with Crippen molar-refractivity contribution >= 4 is 11.6 Å². The van der Waals surface area contributed by atoms with E-state index in [0.29, 0.717) is 11.3 Å². The van der Waals surface area contributed by atoms with E-state index in [1.807, 2.05) is 32.0 Å². The number of hydrogen-bond donors (Lipinski definition) is 1. The monoisotopic (exact) mass is 366 g/mol. The van der Waals surface area contributed by atoms with Crippen LogP contribution in [0.5, 0.6) is 0 Å². The van der Waals surface area contributed by atoms with Crippen molar-refractivity contribution in [1.29, 1.82) is 0 Å². The average molecular weight is 366 g/mol. The summed E-state index contributed by atoms with van der Waals surface area (Å²) in [4.78, 5) is 30.5. The van der Waals surface area contributed by atoms with E-state index in [9.17, 15) is 14.0 Å². The van der Waals surface area contributed by atoms with Crippen LogP contribution < -0.4 is 15.7 Å². The van der Waals surface area contributed by atoms with Crippen LogP contribution >= 0.6 is 0 Å². The van der Waals surface area contributed by atoms with Crippen LogP contribution in [0.3, 0.4) is 0 Å². The minimum atomic E-state index is -0.567. The Morgan fingerprint density at radius 3 is 2.59 bits per heavy atom. The molecule has 3 rings (SSSR count). The number of halogens is 1. The van der Waals surface area contributed by atoms with Gasteiger partial charge in [-0.3, -0.25) is 9.59 Å².